The van der Waals surface area contributed by atoms with E-state index in [4.69, 9.17) is 20.7 Å². The topological polar surface area (TPSA) is 131 Å². The smallest absolute Gasteiger partial charge is 0.351 e. The fraction of sp³-hybridized carbons (Fsp3) is 0.600. The van der Waals surface area contributed by atoms with E-state index in [9.17, 15) is 14.3 Å². The minimum absolute atomic E-state index is 0.136. The van der Waals surface area contributed by atoms with Crippen LogP contribution in [0.25, 0.3) is 0 Å². The monoisotopic (exact) mass is 275 g/mol. The van der Waals surface area contributed by atoms with E-state index in [1.54, 1.807) is 0 Å². The highest BCUT2D eigenvalue weighted by molar-refractivity contribution is 5.36. The number of anilines is 1. The summed E-state index contributed by atoms with van der Waals surface area (Å²) in [6.07, 6.45) is -4.86. The standard InChI is InChI=1S/C10H14FN3O5/c11-6-7(17)5(3-16)19-9(6)14-1-4(2-15)8(12)13-10(14)18/h1,5-7,9,15-17H,2-3H2,(H2,12,13,18)/t5-,6-,7-,9-/m1/s1. The van der Waals surface area contributed by atoms with Gasteiger partial charge in [-0.2, -0.15) is 4.98 Å². The van der Waals surface area contributed by atoms with E-state index in [1.807, 2.05) is 0 Å². The minimum Gasteiger partial charge on any atom is -0.394 e. The molecule has 0 bridgehead atoms. The lowest BCUT2D eigenvalue weighted by molar-refractivity contribution is -0.0492. The first-order chi connectivity index (χ1) is 8.99. The summed E-state index contributed by atoms with van der Waals surface area (Å²) in [5.74, 6) is -0.156. The van der Waals surface area contributed by atoms with Gasteiger partial charge in [0.25, 0.3) is 0 Å². The van der Waals surface area contributed by atoms with E-state index in [-0.39, 0.29) is 11.4 Å². The van der Waals surface area contributed by atoms with E-state index in [0.717, 1.165) is 10.8 Å². The van der Waals surface area contributed by atoms with Gasteiger partial charge in [-0.25, -0.2) is 9.18 Å². The second-order valence-electron chi connectivity index (χ2n) is 4.18. The van der Waals surface area contributed by atoms with Crippen LogP contribution in [0.3, 0.4) is 0 Å². The summed E-state index contributed by atoms with van der Waals surface area (Å²) in [6.45, 7) is -1.06. The molecule has 5 N–H and O–H groups in total. The molecule has 1 saturated heterocycles. The molecule has 0 spiro atoms. The Morgan fingerprint density at radius 2 is 2.21 bits per heavy atom. The van der Waals surface area contributed by atoms with Gasteiger partial charge in [0, 0.05) is 11.8 Å². The molecule has 9 heteroatoms. The van der Waals surface area contributed by atoms with Gasteiger partial charge >= 0.3 is 5.69 Å². The SMILES string of the molecule is Nc1nc(=O)n([C@@H]2O[C@H](CO)[C@@H](O)[C@H]2F)cc1CO. The third-order valence-electron chi connectivity index (χ3n) is 2.98. The Hall–Kier alpha value is -1.55. The Bertz CT molecular complexity index is 522. The number of halogens is 1. The molecule has 2 heterocycles. The van der Waals surface area contributed by atoms with Crippen molar-refractivity contribution in [3.63, 3.8) is 0 Å². The average molecular weight is 275 g/mol. The van der Waals surface area contributed by atoms with Gasteiger partial charge in [-0.1, -0.05) is 0 Å². The Morgan fingerprint density at radius 3 is 2.74 bits per heavy atom. The van der Waals surface area contributed by atoms with Crippen molar-refractivity contribution < 1.29 is 24.4 Å². The Morgan fingerprint density at radius 1 is 1.53 bits per heavy atom. The van der Waals surface area contributed by atoms with Gasteiger partial charge in [0.2, 0.25) is 0 Å². The Labute approximate surface area is 106 Å². The lowest BCUT2D eigenvalue weighted by Crippen LogP contribution is -2.34. The van der Waals surface area contributed by atoms with Crippen LogP contribution in [-0.4, -0.2) is 49.9 Å². The number of rotatable bonds is 3. The highest BCUT2D eigenvalue weighted by Crippen LogP contribution is 2.30. The molecular weight excluding hydrogens is 261 g/mol. The minimum atomic E-state index is -1.90. The molecule has 8 nitrogen and oxygen atoms in total. The molecule has 2 rings (SSSR count). The molecule has 0 aromatic carbocycles. The molecule has 1 aliphatic heterocycles. The zero-order chi connectivity index (χ0) is 14.2. The van der Waals surface area contributed by atoms with Crippen molar-refractivity contribution in [2.75, 3.05) is 12.3 Å². The van der Waals surface area contributed by atoms with Crippen LogP contribution in [0.5, 0.6) is 0 Å². The summed E-state index contributed by atoms with van der Waals surface area (Å²) in [7, 11) is 0. The van der Waals surface area contributed by atoms with E-state index in [2.05, 4.69) is 4.98 Å². The molecule has 1 aliphatic rings. The van der Waals surface area contributed by atoms with Crippen LogP contribution in [0, 0.1) is 0 Å². The summed E-state index contributed by atoms with van der Waals surface area (Å²) in [6, 6.07) is 0. The second-order valence-corrected chi connectivity index (χ2v) is 4.18. The van der Waals surface area contributed by atoms with Crippen LogP contribution in [0.1, 0.15) is 11.8 Å². The van der Waals surface area contributed by atoms with Crippen LogP contribution in [0.4, 0.5) is 10.2 Å². The van der Waals surface area contributed by atoms with Gasteiger partial charge < -0.3 is 25.8 Å². The number of alkyl halides is 1. The van der Waals surface area contributed by atoms with Crippen molar-refractivity contribution >= 4 is 5.82 Å². The zero-order valence-electron chi connectivity index (χ0n) is 9.81. The van der Waals surface area contributed by atoms with Crippen LogP contribution in [0.2, 0.25) is 0 Å². The molecule has 0 unspecified atom stereocenters. The summed E-state index contributed by atoms with van der Waals surface area (Å²) in [5.41, 5.74) is 4.68. The van der Waals surface area contributed by atoms with Gasteiger partial charge in [-0.05, 0) is 0 Å². The number of hydrogen-bond acceptors (Lipinski definition) is 7. The maximum absolute atomic E-state index is 13.9. The van der Waals surface area contributed by atoms with Crippen molar-refractivity contribution in [3.05, 3.63) is 22.2 Å². The van der Waals surface area contributed by atoms with Crippen LogP contribution in [-0.2, 0) is 11.3 Å². The maximum atomic E-state index is 13.9. The van der Waals surface area contributed by atoms with E-state index < -0.39 is 43.5 Å². The second kappa shape index (κ2) is 5.21. The van der Waals surface area contributed by atoms with Crippen molar-refractivity contribution in [2.45, 2.75) is 31.2 Å². The molecule has 4 atom stereocenters. The predicted molar refractivity (Wildman–Crippen MR) is 60.7 cm³/mol. The molecule has 0 amide bonds. The van der Waals surface area contributed by atoms with Gasteiger partial charge in [0.1, 0.15) is 18.0 Å². The van der Waals surface area contributed by atoms with E-state index in [1.165, 1.54) is 0 Å². The van der Waals surface area contributed by atoms with Crippen molar-refractivity contribution in [1.82, 2.24) is 9.55 Å². The van der Waals surface area contributed by atoms with Gasteiger partial charge in [-0.3, -0.25) is 4.57 Å². The van der Waals surface area contributed by atoms with Gasteiger partial charge in [0.05, 0.1) is 13.2 Å². The molecule has 19 heavy (non-hydrogen) atoms. The molecular formula is C10H14FN3O5. The molecule has 0 aliphatic carbocycles. The molecule has 106 valence electrons. The molecule has 1 aromatic heterocycles. The first-order valence-electron chi connectivity index (χ1n) is 5.56. The lowest BCUT2D eigenvalue weighted by atomic mass is 10.1. The first-order valence-corrected chi connectivity index (χ1v) is 5.56. The summed E-state index contributed by atoms with van der Waals surface area (Å²) >= 11 is 0. The van der Waals surface area contributed by atoms with Crippen molar-refractivity contribution in [1.29, 1.82) is 0 Å². The van der Waals surface area contributed by atoms with E-state index in [0.29, 0.717) is 0 Å². The van der Waals surface area contributed by atoms with Gasteiger partial charge in [-0.15, -0.1) is 0 Å². The Balaban J connectivity index is 2.40. The van der Waals surface area contributed by atoms with Crippen molar-refractivity contribution in [2.24, 2.45) is 0 Å². The number of aliphatic hydroxyl groups excluding tert-OH is 3. The summed E-state index contributed by atoms with van der Waals surface area (Å²) in [4.78, 5) is 15.1. The summed E-state index contributed by atoms with van der Waals surface area (Å²) in [5, 5.41) is 27.4. The molecule has 0 saturated carbocycles. The third kappa shape index (κ3) is 2.32. The Kier molecular flexibility index (Phi) is 3.80. The highest BCUT2D eigenvalue weighted by Gasteiger charge is 2.45. The van der Waals surface area contributed by atoms with Crippen LogP contribution in [0.15, 0.2) is 11.0 Å². The zero-order valence-corrected chi connectivity index (χ0v) is 9.81. The fourth-order valence-electron chi connectivity index (χ4n) is 1.90. The number of ether oxygens (including phenoxy) is 1. The maximum Gasteiger partial charge on any atom is 0.351 e. The number of aromatic nitrogens is 2. The number of aliphatic hydroxyl groups is 3. The molecule has 1 aromatic rings. The van der Waals surface area contributed by atoms with E-state index >= 15 is 0 Å². The largest absolute Gasteiger partial charge is 0.394 e. The number of hydrogen-bond donors (Lipinski definition) is 4. The normalized spacial score (nSPS) is 30.7. The average Bonchev–Trinajstić information content (AvgIpc) is 2.67. The number of nitrogen functional groups attached to an aromatic ring is 1. The van der Waals surface area contributed by atoms with Gasteiger partial charge in [0.15, 0.2) is 12.4 Å². The first kappa shape index (κ1) is 13.9. The van der Waals surface area contributed by atoms with Crippen molar-refractivity contribution in [3.8, 4) is 0 Å². The highest BCUT2D eigenvalue weighted by atomic mass is 19.1. The molecule has 1 fully saturated rings. The number of nitrogens with two attached hydrogens (primary N) is 1. The number of nitrogens with zero attached hydrogens (tertiary/aromatic N) is 2. The third-order valence-corrected chi connectivity index (χ3v) is 2.98. The molecule has 0 radical (unpaired) electrons. The van der Waals surface area contributed by atoms with Crippen LogP contribution >= 0.6 is 0 Å². The predicted octanol–water partition coefficient (Wildman–Crippen LogP) is -2.09. The lowest BCUT2D eigenvalue weighted by Gasteiger charge is -2.17. The quantitative estimate of drug-likeness (QED) is 0.497. The van der Waals surface area contributed by atoms with Crippen LogP contribution < -0.4 is 11.4 Å². The summed E-state index contributed by atoms with van der Waals surface area (Å²) < 4.78 is 19.7. The fourth-order valence-corrected chi connectivity index (χ4v) is 1.90.